The van der Waals surface area contributed by atoms with Crippen LogP contribution in [0.1, 0.15) is 49.1 Å². The van der Waals surface area contributed by atoms with E-state index in [2.05, 4.69) is 23.3 Å². The first-order valence-electron chi connectivity index (χ1n) is 7.31. The predicted molar refractivity (Wildman–Crippen MR) is 77.9 cm³/mol. The molecule has 1 saturated carbocycles. The van der Waals surface area contributed by atoms with Gasteiger partial charge in [0.25, 0.3) is 0 Å². The first-order chi connectivity index (χ1) is 8.75. The average Bonchev–Trinajstić information content (AvgIpc) is 2.84. The maximum absolute atomic E-state index is 6.29. The summed E-state index contributed by atoms with van der Waals surface area (Å²) in [5, 5.41) is 2.25. The molecule has 1 fully saturated rings. The number of thiophene rings is 1. The Morgan fingerprint density at radius 1 is 1.39 bits per heavy atom. The van der Waals surface area contributed by atoms with E-state index < -0.39 is 0 Å². The van der Waals surface area contributed by atoms with Crippen molar-refractivity contribution in [3.05, 3.63) is 21.9 Å². The fraction of sp³-hybridized carbons (Fsp3) is 0.733. The number of hydrogen-bond acceptors (Lipinski definition) is 3. The second-order valence-corrected chi connectivity index (χ2v) is 6.93. The Balaban J connectivity index is 1.67. The van der Waals surface area contributed by atoms with Crippen molar-refractivity contribution in [1.29, 1.82) is 0 Å². The topological polar surface area (TPSA) is 29.3 Å². The molecule has 100 valence electrons. The number of rotatable bonds is 2. The third kappa shape index (κ3) is 2.36. The van der Waals surface area contributed by atoms with Crippen molar-refractivity contribution in [2.24, 2.45) is 11.7 Å². The maximum Gasteiger partial charge on any atom is 0.0331 e. The van der Waals surface area contributed by atoms with Gasteiger partial charge in [-0.25, -0.2) is 0 Å². The van der Waals surface area contributed by atoms with Crippen LogP contribution in [0.5, 0.6) is 0 Å². The third-order valence-electron chi connectivity index (χ3n) is 4.84. The van der Waals surface area contributed by atoms with Crippen LogP contribution in [0.2, 0.25) is 0 Å². The molecule has 2 N–H and O–H groups in total. The van der Waals surface area contributed by atoms with Gasteiger partial charge in [0, 0.05) is 30.1 Å². The molecule has 1 aromatic heterocycles. The van der Waals surface area contributed by atoms with E-state index in [1.807, 2.05) is 11.3 Å². The summed E-state index contributed by atoms with van der Waals surface area (Å²) >= 11 is 1.93. The molecule has 0 spiro atoms. The third-order valence-corrected chi connectivity index (χ3v) is 5.84. The molecule has 0 saturated heterocycles. The smallest absolute Gasteiger partial charge is 0.0331 e. The van der Waals surface area contributed by atoms with Crippen molar-refractivity contribution >= 4 is 11.3 Å². The van der Waals surface area contributed by atoms with Gasteiger partial charge in [0.15, 0.2) is 0 Å². The first kappa shape index (κ1) is 12.6. The van der Waals surface area contributed by atoms with Crippen molar-refractivity contribution in [3.8, 4) is 0 Å². The molecule has 0 aromatic carbocycles. The lowest BCUT2D eigenvalue weighted by molar-refractivity contribution is 0.139. The molecule has 1 aliphatic heterocycles. The molecular weight excluding hydrogens is 240 g/mol. The Morgan fingerprint density at radius 2 is 2.22 bits per heavy atom. The molecule has 2 nitrogen and oxygen atoms in total. The predicted octanol–water partition coefficient (Wildman–Crippen LogP) is 3.18. The molecule has 2 aliphatic rings. The summed E-state index contributed by atoms with van der Waals surface area (Å²) in [5.74, 6) is 0.724. The van der Waals surface area contributed by atoms with Crippen LogP contribution in [0.15, 0.2) is 11.4 Å². The van der Waals surface area contributed by atoms with E-state index in [0.717, 1.165) is 5.92 Å². The van der Waals surface area contributed by atoms with E-state index in [0.29, 0.717) is 12.1 Å². The zero-order valence-electron chi connectivity index (χ0n) is 11.3. The summed E-state index contributed by atoms with van der Waals surface area (Å²) < 4.78 is 0. The van der Waals surface area contributed by atoms with Gasteiger partial charge in [-0.2, -0.15) is 0 Å². The summed E-state index contributed by atoms with van der Waals surface area (Å²) in [5.41, 5.74) is 7.86. The maximum atomic E-state index is 6.29. The summed E-state index contributed by atoms with van der Waals surface area (Å²) in [7, 11) is 0. The summed E-state index contributed by atoms with van der Waals surface area (Å²) in [6.07, 6.45) is 6.52. The van der Waals surface area contributed by atoms with E-state index in [-0.39, 0.29) is 0 Å². The lowest BCUT2D eigenvalue weighted by atomic mass is 9.84. The van der Waals surface area contributed by atoms with Crippen LogP contribution in [0.3, 0.4) is 0 Å². The molecule has 3 atom stereocenters. The van der Waals surface area contributed by atoms with Gasteiger partial charge in [-0.15, -0.1) is 11.3 Å². The second kappa shape index (κ2) is 5.32. The Labute approximate surface area is 114 Å². The monoisotopic (exact) mass is 264 g/mol. The highest BCUT2D eigenvalue weighted by Crippen LogP contribution is 2.34. The molecule has 0 radical (unpaired) electrons. The standard InChI is InChI=1S/C15H24N2S/c1-11-13-7-9-18-15(13)6-8-17(11)10-12-4-2-3-5-14(12)16/h7,9,11-12,14H,2-6,8,10,16H2,1H3. The minimum atomic E-state index is 0.440. The fourth-order valence-corrected chi connectivity index (χ4v) is 4.54. The van der Waals surface area contributed by atoms with Crippen LogP contribution in [0.4, 0.5) is 0 Å². The SMILES string of the molecule is CC1c2ccsc2CCN1CC1CCCCC1N. The Kier molecular flexibility index (Phi) is 3.73. The van der Waals surface area contributed by atoms with Crippen LogP contribution in [-0.4, -0.2) is 24.0 Å². The highest BCUT2D eigenvalue weighted by molar-refractivity contribution is 7.10. The van der Waals surface area contributed by atoms with Gasteiger partial charge in [0.2, 0.25) is 0 Å². The molecular formula is C15H24N2S. The Bertz CT molecular complexity index is 401. The van der Waals surface area contributed by atoms with E-state index in [4.69, 9.17) is 5.73 Å². The lowest BCUT2D eigenvalue weighted by Gasteiger charge is -2.39. The van der Waals surface area contributed by atoms with E-state index in [9.17, 15) is 0 Å². The van der Waals surface area contributed by atoms with Crippen molar-refractivity contribution < 1.29 is 0 Å². The molecule has 2 heterocycles. The van der Waals surface area contributed by atoms with Crippen molar-refractivity contribution in [2.45, 2.75) is 51.1 Å². The Morgan fingerprint density at radius 3 is 3.06 bits per heavy atom. The second-order valence-electron chi connectivity index (χ2n) is 5.93. The van der Waals surface area contributed by atoms with Gasteiger partial charge in [-0.1, -0.05) is 12.8 Å². The summed E-state index contributed by atoms with van der Waals surface area (Å²) in [6.45, 7) is 4.79. The van der Waals surface area contributed by atoms with Crippen LogP contribution in [0, 0.1) is 5.92 Å². The van der Waals surface area contributed by atoms with Gasteiger partial charge in [0.1, 0.15) is 0 Å². The zero-order chi connectivity index (χ0) is 12.5. The summed E-state index contributed by atoms with van der Waals surface area (Å²) in [6, 6.07) is 3.35. The quantitative estimate of drug-likeness (QED) is 0.889. The number of nitrogens with zero attached hydrogens (tertiary/aromatic N) is 1. The lowest BCUT2D eigenvalue weighted by Crippen LogP contribution is -2.43. The molecule has 3 unspecified atom stereocenters. The van der Waals surface area contributed by atoms with E-state index in [1.54, 1.807) is 10.4 Å². The highest BCUT2D eigenvalue weighted by Gasteiger charge is 2.29. The molecule has 1 aromatic rings. The van der Waals surface area contributed by atoms with E-state index >= 15 is 0 Å². The van der Waals surface area contributed by atoms with Crippen molar-refractivity contribution in [2.75, 3.05) is 13.1 Å². The van der Waals surface area contributed by atoms with Gasteiger partial charge in [-0.3, -0.25) is 4.90 Å². The van der Waals surface area contributed by atoms with Crippen molar-refractivity contribution in [1.82, 2.24) is 4.90 Å². The molecule has 0 amide bonds. The minimum absolute atomic E-state index is 0.440. The average molecular weight is 264 g/mol. The van der Waals surface area contributed by atoms with Crippen LogP contribution in [0.25, 0.3) is 0 Å². The zero-order valence-corrected chi connectivity index (χ0v) is 12.1. The molecule has 0 bridgehead atoms. The summed E-state index contributed by atoms with van der Waals surface area (Å²) in [4.78, 5) is 4.26. The molecule has 3 rings (SSSR count). The largest absolute Gasteiger partial charge is 0.327 e. The fourth-order valence-electron chi connectivity index (χ4n) is 3.58. The minimum Gasteiger partial charge on any atom is -0.327 e. The van der Waals surface area contributed by atoms with E-state index in [1.165, 1.54) is 45.2 Å². The van der Waals surface area contributed by atoms with Crippen LogP contribution >= 0.6 is 11.3 Å². The van der Waals surface area contributed by atoms with Gasteiger partial charge in [-0.05, 0) is 49.1 Å². The van der Waals surface area contributed by atoms with Gasteiger partial charge in [0.05, 0.1) is 0 Å². The molecule has 1 aliphatic carbocycles. The molecule has 3 heteroatoms. The number of nitrogens with two attached hydrogens (primary N) is 1. The van der Waals surface area contributed by atoms with Gasteiger partial charge >= 0.3 is 0 Å². The van der Waals surface area contributed by atoms with Crippen molar-refractivity contribution in [3.63, 3.8) is 0 Å². The molecule has 18 heavy (non-hydrogen) atoms. The Hall–Kier alpha value is -0.380. The highest BCUT2D eigenvalue weighted by atomic mass is 32.1. The first-order valence-corrected chi connectivity index (χ1v) is 8.19. The van der Waals surface area contributed by atoms with Crippen LogP contribution < -0.4 is 5.73 Å². The normalized spacial score (nSPS) is 33.3. The number of fused-ring (bicyclic) bond motifs is 1. The number of hydrogen-bond donors (Lipinski definition) is 1. The van der Waals surface area contributed by atoms with Gasteiger partial charge < -0.3 is 5.73 Å². The van der Waals surface area contributed by atoms with Crippen LogP contribution in [-0.2, 0) is 6.42 Å².